The van der Waals surface area contributed by atoms with E-state index in [2.05, 4.69) is 20.4 Å². The zero-order valence-electron chi connectivity index (χ0n) is 17.4. The lowest BCUT2D eigenvalue weighted by Gasteiger charge is -2.43. The van der Waals surface area contributed by atoms with Crippen molar-refractivity contribution in [2.24, 2.45) is 0 Å². The molecule has 0 aromatic heterocycles. The minimum Gasteiger partial charge on any atom is -0.348 e. The van der Waals surface area contributed by atoms with Crippen molar-refractivity contribution in [3.63, 3.8) is 0 Å². The monoisotopic (exact) mass is 428 g/mol. The van der Waals surface area contributed by atoms with Gasteiger partial charge in [0.05, 0.1) is 6.67 Å². The molecule has 164 valence electrons. The number of piperidine rings is 1. The summed E-state index contributed by atoms with van der Waals surface area (Å²) >= 11 is 0. The lowest BCUT2D eigenvalue weighted by Crippen LogP contribution is -2.57. The molecule has 2 aliphatic heterocycles. The second kappa shape index (κ2) is 8.63. The van der Waals surface area contributed by atoms with E-state index >= 15 is 0 Å². The molecule has 0 aliphatic carbocycles. The van der Waals surface area contributed by atoms with Crippen LogP contribution in [0, 0.1) is 11.6 Å². The molecule has 0 bridgehead atoms. The number of nitrogens with one attached hydrogen (secondary N) is 2. The van der Waals surface area contributed by atoms with Crippen LogP contribution in [0.5, 0.6) is 0 Å². The van der Waals surface area contributed by atoms with Gasteiger partial charge >= 0.3 is 0 Å². The van der Waals surface area contributed by atoms with Crippen LogP contribution < -0.4 is 15.5 Å². The number of amides is 2. The van der Waals surface area contributed by atoms with E-state index in [-0.39, 0.29) is 17.5 Å². The van der Waals surface area contributed by atoms with E-state index in [0.29, 0.717) is 26.1 Å². The molecule has 2 N–H and O–H groups in total. The topological polar surface area (TPSA) is 64.7 Å². The normalized spacial score (nSPS) is 19.3. The van der Waals surface area contributed by atoms with Gasteiger partial charge in [-0.3, -0.25) is 9.59 Å². The van der Waals surface area contributed by atoms with E-state index in [9.17, 15) is 18.4 Å². The molecule has 2 saturated heterocycles. The maximum atomic E-state index is 13.4. The molecule has 4 rings (SSSR count). The SMILES string of the molecule is CC(CN1CCC2(CC1)C(=O)NCN2c1ccccc1)NC(=O)c1ccc(F)c(F)c1. The van der Waals surface area contributed by atoms with Crippen LogP contribution >= 0.6 is 0 Å². The Morgan fingerprint density at radius 1 is 1.13 bits per heavy atom. The van der Waals surface area contributed by atoms with Gasteiger partial charge in [0.1, 0.15) is 5.54 Å². The highest BCUT2D eigenvalue weighted by Gasteiger charge is 2.50. The molecule has 6 nitrogen and oxygen atoms in total. The maximum Gasteiger partial charge on any atom is 0.251 e. The minimum absolute atomic E-state index is 0.0655. The van der Waals surface area contributed by atoms with E-state index in [4.69, 9.17) is 0 Å². The quantitative estimate of drug-likeness (QED) is 0.768. The van der Waals surface area contributed by atoms with Crippen LogP contribution in [-0.4, -0.2) is 54.6 Å². The fourth-order valence-electron chi connectivity index (χ4n) is 4.52. The summed E-state index contributed by atoms with van der Waals surface area (Å²) in [6.45, 7) is 4.44. The highest BCUT2D eigenvalue weighted by molar-refractivity contribution is 5.94. The molecule has 2 heterocycles. The lowest BCUT2D eigenvalue weighted by atomic mass is 9.85. The zero-order valence-corrected chi connectivity index (χ0v) is 17.4. The Balaban J connectivity index is 1.34. The van der Waals surface area contributed by atoms with Gasteiger partial charge in [0, 0.05) is 36.9 Å². The van der Waals surface area contributed by atoms with Gasteiger partial charge in [0.15, 0.2) is 11.6 Å². The first-order chi connectivity index (χ1) is 14.9. The van der Waals surface area contributed by atoms with Crippen LogP contribution in [0.3, 0.4) is 0 Å². The van der Waals surface area contributed by atoms with Crippen LogP contribution in [0.1, 0.15) is 30.1 Å². The zero-order chi connectivity index (χ0) is 22.0. The first-order valence-corrected chi connectivity index (χ1v) is 10.5. The molecular formula is C23H26F2N4O2. The van der Waals surface area contributed by atoms with Gasteiger partial charge in [-0.25, -0.2) is 8.78 Å². The van der Waals surface area contributed by atoms with Crippen molar-refractivity contribution in [2.45, 2.75) is 31.3 Å². The number of carbonyl (C=O) groups is 2. The highest BCUT2D eigenvalue weighted by Crippen LogP contribution is 2.36. The third-order valence-corrected chi connectivity index (χ3v) is 6.18. The number of carbonyl (C=O) groups excluding carboxylic acids is 2. The van der Waals surface area contributed by atoms with Gasteiger partial charge in [-0.15, -0.1) is 0 Å². The number of hydrogen-bond donors (Lipinski definition) is 2. The molecular weight excluding hydrogens is 402 g/mol. The number of para-hydroxylation sites is 1. The Kier molecular flexibility index (Phi) is 5.91. The van der Waals surface area contributed by atoms with Crippen molar-refractivity contribution in [3.8, 4) is 0 Å². The smallest absolute Gasteiger partial charge is 0.251 e. The number of nitrogens with zero attached hydrogens (tertiary/aromatic N) is 2. The Labute approximate surface area is 180 Å². The first-order valence-electron chi connectivity index (χ1n) is 10.5. The number of benzene rings is 2. The molecule has 2 aromatic rings. The number of anilines is 1. The Bertz CT molecular complexity index is 961. The van der Waals surface area contributed by atoms with Crippen molar-refractivity contribution in [1.29, 1.82) is 0 Å². The molecule has 0 radical (unpaired) electrons. The van der Waals surface area contributed by atoms with Crippen LogP contribution in [0.15, 0.2) is 48.5 Å². The van der Waals surface area contributed by atoms with Gasteiger partial charge in [-0.05, 0) is 50.1 Å². The largest absolute Gasteiger partial charge is 0.348 e. The molecule has 2 amide bonds. The van der Waals surface area contributed by atoms with E-state index in [1.54, 1.807) is 0 Å². The van der Waals surface area contributed by atoms with Crippen LogP contribution in [-0.2, 0) is 4.79 Å². The van der Waals surface area contributed by atoms with Crippen molar-refractivity contribution in [2.75, 3.05) is 31.2 Å². The Hall–Kier alpha value is -3.00. The van der Waals surface area contributed by atoms with E-state index < -0.39 is 23.1 Å². The van der Waals surface area contributed by atoms with Gasteiger partial charge in [-0.2, -0.15) is 0 Å². The molecule has 1 spiro atoms. The average Bonchev–Trinajstić information content (AvgIpc) is 3.08. The molecule has 2 fully saturated rings. The lowest BCUT2D eigenvalue weighted by molar-refractivity contribution is -0.125. The van der Waals surface area contributed by atoms with Crippen LogP contribution in [0.25, 0.3) is 0 Å². The van der Waals surface area contributed by atoms with Crippen LogP contribution in [0.4, 0.5) is 14.5 Å². The molecule has 31 heavy (non-hydrogen) atoms. The standard InChI is InChI=1S/C23H26F2N4O2/c1-16(27-21(30)17-7-8-19(24)20(25)13-17)14-28-11-9-23(10-12-28)22(31)26-15-29(23)18-5-3-2-4-6-18/h2-8,13,16H,9-12,14-15H2,1H3,(H,26,31)(H,27,30). The summed E-state index contributed by atoms with van der Waals surface area (Å²) in [5, 5.41) is 5.83. The fourth-order valence-corrected chi connectivity index (χ4v) is 4.52. The third-order valence-electron chi connectivity index (χ3n) is 6.18. The number of rotatable bonds is 5. The second-order valence-corrected chi connectivity index (χ2v) is 8.26. The molecule has 1 unspecified atom stereocenters. The summed E-state index contributed by atoms with van der Waals surface area (Å²) in [4.78, 5) is 29.4. The fraction of sp³-hybridized carbons (Fsp3) is 0.391. The summed E-state index contributed by atoms with van der Waals surface area (Å²) in [5.41, 5.74) is 0.571. The molecule has 1 atom stereocenters. The summed E-state index contributed by atoms with van der Waals surface area (Å²) in [6.07, 6.45) is 1.38. The third kappa shape index (κ3) is 4.25. The van der Waals surface area contributed by atoms with Crippen molar-refractivity contribution >= 4 is 17.5 Å². The molecule has 8 heteroatoms. The second-order valence-electron chi connectivity index (χ2n) is 8.26. The molecule has 0 saturated carbocycles. The predicted octanol–water partition coefficient (Wildman–Crippen LogP) is 2.51. The van der Waals surface area contributed by atoms with Gasteiger partial charge in [-0.1, -0.05) is 18.2 Å². The minimum atomic E-state index is -1.04. The maximum absolute atomic E-state index is 13.4. The Morgan fingerprint density at radius 2 is 1.84 bits per heavy atom. The van der Waals surface area contributed by atoms with Crippen molar-refractivity contribution in [1.82, 2.24) is 15.5 Å². The number of hydrogen-bond acceptors (Lipinski definition) is 4. The summed E-state index contributed by atoms with van der Waals surface area (Å²) in [5.74, 6) is -2.40. The summed E-state index contributed by atoms with van der Waals surface area (Å²) < 4.78 is 26.5. The molecule has 2 aromatic carbocycles. The van der Waals surface area contributed by atoms with Gasteiger partial charge in [0.2, 0.25) is 5.91 Å². The first kappa shape index (κ1) is 21.2. The van der Waals surface area contributed by atoms with E-state index in [1.807, 2.05) is 37.3 Å². The predicted molar refractivity (Wildman–Crippen MR) is 114 cm³/mol. The van der Waals surface area contributed by atoms with E-state index in [1.165, 1.54) is 6.07 Å². The number of likely N-dealkylation sites (tertiary alicyclic amines) is 1. The van der Waals surface area contributed by atoms with Crippen molar-refractivity contribution < 1.29 is 18.4 Å². The van der Waals surface area contributed by atoms with Gasteiger partial charge < -0.3 is 20.4 Å². The van der Waals surface area contributed by atoms with Gasteiger partial charge in [0.25, 0.3) is 5.91 Å². The summed E-state index contributed by atoms with van der Waals surface area (Å²) in [7, 11) is 0. The summed E-state index contributed by atoms with van der Waals surface area (Å²) in [6, 6.07) is 12.9. The Morgan fingerprint density at radius 3 is 2.52 bits per heavy atom. The highest BCUT2D eigenvalue weighted by atomic mass is 19.2. The van der Waals surface area contributed by atoms with Crippen molar-refractivity contribution in [3.05, 3.63) is 65.7 Å². The molecule has 2 aliphatic rings. The average molecular weight is 428 g/mol. The van der Waals surface area contributed by atoms with E-state index in [0.717, 1.165) is 30.9 Å². The number of halogens is 2. The van der Waals surface area contributed by atoms with Crippen LogP contribution in [0.2, 0.25) is 0 Å².